The molecule has 2 amide bonds. The van der Waals surface area contributed by atoms with Crippen molar-refractivity contribution in [3.05, 3.63) is 65.1 Å². The van der Waals surface area contributed by atoms with E-state index in [-0.39, 0.29) is 23.0 Å². The highest BCUT2D eigenvalue weighted by Crippen LogP contribution is 2.30. The molecule has 2 N–H and O–H groups in total. The van der Waals surface area contributed by atoms with E-state index in [4.69, 9.17) is 9.47 Å². The average molecular weight is 477 g/mol. The molecule has 0 fully saturated rings. The first-order valence-corrected chi connectivity index (χ1v) is 10.0. The summed E-state index contributed by atoms with van der Waals surface area (Å²) in [7, 11) is 1.44. The van der Waals surface area contributed by atoms with E-state index in [0.29, 0.717) is 23.4 Å². The molecule has 1 aromatic carbocycles. The normalized spacial score (nSPS) is 11.3. The molecule has 180 valence electrons. The first-order valence-electron chi connectivity index (χ1n) is 10.0. The largest absolute Gasteiger partial charge is 0.493 e. The number of nitrogens with one attached hydrogen (secondary N) is 2. The number of rotatable bonds is 6. The van der Waals surface area contributed by atoms with Crippen molar-refractivity contribution in [1.82, 2.24) is 25.6 Å². The molecule has 0 spiro atoms. The van der Waals surface area contributed by atoms with Gasteiger partial charge in [0.05, 0.1) is 36.2 Å². The van der Waals surface area contributed by atoms with E-state index in [1.54, 1.807) is 13.0 Å². The number of ether oxygens (including phenoxy) is 2. The summed E-state index contributed by atoms with van der Waals surface area (Å²) in [5.41, 5.74) is 4.31. The number of hydrazine groups is 1. The van der Waals surface area contributed by atoms with Crippen molar-refractivity contribution in [2.45, 2.75) is 33.1 Å². The number of benzene rings is 1. The van der Waals surface area contributed by atoms with Crippen LogP contribution in [0, 0.1) is 6.92 Å². The lowest BCUT2D eigenvalue weighted by atomic mass is 10.2. The zero-order chi connectivity index (χ0) is 25.0. The van der Waals surface area contributed by atoms with Gasteiger partial charge in [-0.25, -0.2) is 9.67 Å². The van der Waals surface area contributed by atoms with Gasteiger partial charge in [0.2, 0.25) is 0 Å². The van der Waals surface area contributed by atoms with Gasteiger partial charge in [-0.15, -0.1) is 0 Å². The highest BCUT2D eigenvalue weighted by molar-refractivity contribution is 5.99. The molecule has 0 atom stereocenters. The van der Waals surface area contributed by atoms with Crippen molar-refractivity contribution in [1.29, 1.82) is 0 Å². The molecule has 34 heavy (non-hydrogen) atoms. The van der Waals surface area contributed by atoms with Gasteiger partial charge in [-0.3, -0.25) is 20.4 Å². The predicted octanol–water partition coefficient (Wildman–Crippen LogP) is 3.47. The summed E-state index contributed by atoms with van der Waals surface area (Å²) in [6.45, 7) is 5.25. The van der Waals surface area contributed by atoms with E-state index >= 15 is 0 Å². The Bertz CT molecular complexity index is 1190. The zero-order valence-electron chi connectivity index (χ0n) is 18.7. The van der Waals surface area contributed by atoms with Crippen LogP contribution in [-0.4, -0.2) is 39.8 Å². The summed E-state index contributed by atoms with van der Waals surface area (Å²) in [6, 6.07) is 6.59. The summed E-state index contributed by atoms with van der Waals surface area (Å²) >= 11 is 0. The Labute approximate surface area is 192 Å². The summed E-state index contributed by atoms with van der Waals surface area (Å²) in [5.74, 6) is -0.343. The average Bonchev–Trinajstić information content (AvgIpc) is 3.18. The van der Waals surface area contributed by atoms with Crippen molar-refractivity contribution < 1.29 is 32.2 Å². The summed E-state index contributed by atoms with van der Waals surface area (Å²) in [5, 5.41) is 4.01. The number of hydrogen-bond acceptors (Lipinski definition) is 6. The third-order valence-electron chi connectivity index (χ3n) is 4.62. The molecular weight excluding hydrogens is 455 g/mol. The maximum atomic E-state index is 12.7. The first-order chi connectivity index (χ1) is 16.0. The van der Waals surface area contributed by atoms with E-state index in [0.717, 1.165) is 12.1 Å². The quantitative estimate of drug-likeness (QED) is 0.527. The summed E-state index contributed by atoms with van der Waals surface area (Å²) < 4.78 is 50.3. The first kappa shape index (κ1) is 24.6. The van der Waals surface area contributed by atoms with Crippen LogP contribution in [0.4, 0.5) is 13.2 Å². The molecule has 0 saturated heterocycles. The van der Waals surface area contributed by atoms with E-state index < -0.39 is 23.6 Å². The molecule has 12 heteroatoms. The second-order valence-electron chi connectivity index (χ2n) is 7.40. The van der Waals surface area contributed by atoms with E-state index in [1.165, 1.54) is 30.1 Å². The number of pyridine rings is 1. The lowest BCUT2D eigenvalue weighted by molar-refractivity contribution is -0.137. The zero-order valence-corrected chi connectivity index (χ0v) is 18.7. The van der Waals surface area contributed by atoms with Crippen LogP contribution in [0.15, 0.2) is 42.7 Å². The Morgan fingerprint density at radius 1 is 1.03 bits per heavy atom. The molecule has 0 unspecified atom stereocenters. The molecule has 9 nitrogen and oxygen atoms in total. The number of hydrogen-bond donors (Lipinski definition) is 2. The minimum atomic E-state index is -4.51. The summed E-state index contributed by atoms with van der Waals surface area (Å²) in [6.07, 6.45) is -2.70. The Kier molecular flexibility index (Phi) is 7.08. The molecule has 2 heterocycles. The SMILES string of the molecule is COc1cc(C(=O)NNC(=O)c2cnn(-c3ccc(C(F)(F)F)cn3)c2C)ccc1OC(C)C. The molecule has 2 aromatic heterocycles. The Balaban J connectivity index is 1.69. The number of methoxy groups -OCH3 is 1. The lowest BCUT2D eigenvalue weighted by Crippen LogP contribution is -2.41. The number of aromatic nitrogens is 3. The van der Waals surface area contributed by atoms with E-state index in [9.17, 15) is 22.8 Å². The molecule has 0 saturated carbocycles. The number of carbonyl (C=O) groups is 2. The van der Waals surface area contributed by atoms with Gasteiger partial charge < -0.3 is 9.47 Å². The number of alkyl halides is 3. The molecule has 0 aliphatic carbocycles. The van der Waals surface area contributed by atoms with Crippen molar-refractivity contribution >= 4 is 11.8 Å². The molecule has 3 aromatic rings. The fourth-order valence-corrected chi connectivity index (χ4v) is 2.96. The van der Waals surface area contributed by atoms with Crippen molar-refractivity contribution in [3.63, 3.8) is 0 Å². The van der Waals surface area contributed by atoms with Crippen molar-refractivity contribution in [3.8, 4) is 17.3 Å². The van der Waals surface area contributed by atoms with Gasteiger partial charge in [-0.1, -0.05) is 0 Å². The van der Waals surface area contributed by atoms with Crippen LogP contribution in [-0.2, 0) is 6.18 Å². The van der Waals surface area contributed by atoms with Gasteiger partial charge >= 0.3 is 6.18 Å². The molecular formula is C22H22F3N5O4. The van der Waals surface area contributed by atoms with E-state index in [1.807, 2.05) is 13.8 Å². The highest BCUT2D eigenvalue weighted by Gasteiger charge is 2.31. The second-order valence-corrected chi connectivity index (χ2v) is 7.40. The number of nitrogens with zero attached hydrogens (tertiary/aromatic N) is 3. The number of carbonyl (C=O) groups excluding carboxylic acids is 2. The molecule has 0 aliphatic heterocycles. The topological polar surface area (TPSA) is 107 Å². The van der Waals surface area contributed by atoms with Crippen LogP contribution < -0.4 is 20.3 Å². The maximum Gasteiger partial charge on any atom is 0.417 e. The van der Waals surface area contributed by atoms with Crippen LogP contribution in [0.1, 0.15) is 45.8 Å². The van der Waals surface area contributed by atoms with Gasteiger partial charge in [0.1, 0.15) is 0 Å². The van der Waals surface area contributed by atoms with Gasteiger partial charge in [-0.05, 0) is 51.1 Å². The predicted molar refractivity (Wildman–Crippen MR) is 115 cm³/mol. The van der Waals surface area contributed by atoms with Crippen LogP contribution in [0.25, 0.3) is 5.82 Å². The van der Waals surface area contributed by atoms with Crippen molar-refractivity contribution in [2.24, 2.45) is 0 Å². The van der Waals surface area contributed by atoms with Gasteiger partial charge in [0, 0.05) is 11.8 Å². The Hall–Kier alpha value is -4.09. The smallest absolute Gasteiger partial charge is 0.417 e. The Morgan fingerprint density at radius 2 is 1.74 bits per heavy atom. The fraction of sp³-hybridized carbons (Fsp3) is 0.273. The fourth-order valence-electron chi connectivity index (χ4n) is 2.96. The third-order valence-corrected chi connectivity index (χ3v) is 4.62. The molecule has 0 bridgehead atoms. The van der Waals surface area contributed by atoms with Gasteiger partial charge in [-0.2, -0.15) is 18.3 Å². The van der Waals surface area contributed by atoms with E-state index in [2.05, 4.69) is 20.9 Å². The van der Waals surface area contributed by atoms with Crippen molar-refractivity contribution in [2.75, 3.05) is 7.11 Å². The molecule has 3 rings (SSSR count). The van der Waals surface area contributed by atoms with Crippen LogP contribution in [0.3, 0.4) is 0 Å². The second kappa shape index (κ2) is 9.81. The third kappa shape index (κ3) is 5.45. The monoisotopic (exact) mass is 477 g/mol. The summed E-state index contributed by atoms with van der Waals surface area (Å²) in [4.78, 5) is 28.8. The maximum absolute atomic E-state index is 12.7. The van der Waals surface area contributed by atoms with Gasteiger partial charge in [0.15, 0.2) is 17.3 Å². The molecule has 0 aliphatic rings. The lowest BCUT2D eigenvalue weighted by Gasteiger charge is -2.14. The minimum absolute atomic E-state index is 0.0882. The van der Waals surface area contributed by atoms with Gasteiger partial charge in [0.25, 0.3) is 11.8 Å². The van der Waals surface area contributed by atoms with Crippen LogP contribution in [0.5, 0.6) is 11.5 Å². The highest BCUT2D eigenvalue weighted by atomic mass is 19.4. The van der Waals surface area contributed by atoms with Crippen LogP contribution in [0.2, 0.25) is 0 Å². The number of amides is 2. The Morgan fingerprint density at radius 3 is 2.32 bits per heavy atom. The van der Waals surface area contributed by atoms with Crippen LogP contribution >= 0.6 is 0 Å². The molecule has 0 radical (unpaired) electrons. The standard InChI is InChI=1S/C22H22F3N5O4/c1-12(2)34-17-7-5-14(9-18(17)33-4)20(31)28-29-21(32)16-11-27-30(13(16)3)19-8-6-15(10-26-19)22(23,24)25/h5-12H,1-4H3,(H,28,31)(H,29,32). The number of halogens is 3. The minimum Gasteiger partial charge on any atom is -0.493 e.